The van der Waals surface area contributed by atoms with Gasteiger partial charge in [0.1, 0.15) is 29.2 Å². The predicted octanol–water partition coefficient (Wildman–Crippen LogP) is 5.39. The molecule has 5 rings (SSSR count). The highest BCUT2D eigenvalue weighted by Gasteiger charge is 2.48. The molecular weight excluding hydrogens is 468 g/mol. The number of aromatic nitrogens is 1. The Kier molecular flexibility index (Phi) is 7.23. The van der Waals surface area contributed by atoms with E-state index < -0.39 is 5.41 Å². The summed E-state index contributed by atoms with van der Waals surface area (Å²) in [5, 5.41) is 3.34. The summed E-state index contributed by atoms with van der Waals surface area (Å²) < 4.78 is 23.0. The maximum atomic E-state index is 13.7. The molecule has 2 heterocycles. The fourth-order valence-electron chi connectivity index (χ4n) is 4.63. The van der Waals surface area contributed by atoms with Crippen molar-refractivity contribution in [3.05, 3.63) is 90.3 Å². The Morgan fingerprint density at radius 3 is 2.05 bits per heavy atom. The monoisotopic (exact) mass is 498 g/mol. The van der Waals surface area contributed by atoms with Crippen molar-refractivity contribution in [2.75, 3.05) is 27.3 Å². The van der Waals surface area contributed by atoms with Crippen molar-refractivity contribution in [3.8, 4) is 34.1 Å². The van der Waals surface area contributed by atoms with Crippen LogP contribution in [0.3, 0.4) is 0 Å². The molecule has 1 aliphatic rings. The summed E-state index contributed by atoms with van der Waals surface area (Å²) in [6, 6.07) is 24.9. The van der Waals surface area contributed by atoms with E-state index in [4.69, 9.17) is 23.6 Å². The summed E-state index contributed by atoms with van der Waals surface area (Å²) in [5.74, 6) is 2.15. The van der Waals surface area contributed by atoms with Gasteiger partial charge >= 0.3 is 5.97 Å². The van der Waals surface area contributed by atoms with Gasteiger partial charge in [0.25, 0.3) is 0 Å². The molecule has 1 aromatic heterocycles. The predicted molar refractivity (Wildman–Crippen MR) is 140 cm³/mol. The van der Waals surface area contributed by atoms with E-state index in [1.807, 2.05) is 78.9 Å². The van der Waals surface area contributed by atoms with Crippen LogP contribution in [-0.4, -0.2) is 38.3 Å². The lowest BCUT2D eigenvalue weighted by Gasteiger charge is -2.32. The van der Waals surface area contributed by atoms with Crippen LogP contribution in [0.2, 0.25) is 0 Å². The molecule has 0 saturated carbocycles. The molecule has 7 heteroatoms. The maximum absolute atomic E-state index is 13.7. The van der Waals surface area contributed by atoms with Gasteiger partial charge in [-0.2, -0.15) is 0 Å². The Morgan fingerprint density at radius 2 is 1.46 bits per heavy atom. The first-order valence-electron chi connectivity index (χ1n) is 12.3. The average molecular weight is 499 g/mol. The van der Waals surface area contributed by atoms with E-state index in [9.17, 15) is 4.79 Å². The zero-order chi connectivity index (χ0) is 25.7. The highest BCUT2D eigenvalue weighted by Crippen LogP contribution is 2.41. The number of piperidine rings is 1. The Hall–Kier alpha value is -4.10. The molecule has 1 fully saturated rings. The molecule has 4 aromatic rings. The molecule has 0 unspecified atom stereocenters. The van der Waals surface area contributed by atoms with E-state index in [0.29, 0.717) is 43.3 Å². The third-order valence-corrected chi connectivity index (χ3v) is 6.81. The van der Waals surface area contributed by atoms with Gasteiger partial charge in [0.2, 0.25) is 5.89 Å². The van der Waals surface area contributed by atoms with Gasteiger partial charge in [-0.15, -0.1) is 0 Å². The molecule has 0 radical (unpaired) electrons. The third kappa shape index (κ3) is 5.08. The fourth-order valence-corrected chi connectivity index (χ4v) is 4.63. The van der Waals surface area contributed by atoms with Crippen molar-refractivity contribution in [1.82, 2.24) is 10.3 Å². The number of hydrogen-bond donors (Lipinski definition) is 1. The minimum atomic E-state index is -0.980. The first-order valence-corrected chi connectivity index (χ1v) is 12.3. The van der Waals surface area contributed by atoms with Crippen LogP contribution >= 0.6 is 0 Å². The van der Waals surface area contributed by atoms with Crippen LogP contribution in [0.5, 0.6) is 11.5 Å². The van der Waals surface area contributed by atoms with Gasteiger partial charge in [0.05, 0.1) is 14.2 Å². The molecule has 190 valence electrons. The third-order valence-electron chi connectivity index (χ3n) is 6.81. The molecule has 3 aromatic carbocycles. The average Bonchev–Trinajstić information content (AvgIpc) is 3.43. The van der Waals surface area contributed by atoms with Crippen molar-refractivity contribution < 1.29 is 23.4 Å². The lowest BCUT2D eigenvalue weighted by Crippen LogP contribution is -2.46. The number of carbonyl (C=O) groups excluding carboxylic acids is 1. The molecule has 1 saturated heterocycles. The summed E-state index contributed by atoms with van der Waals surface area (Å²) in [6.45, 7) is 1.53. The number of esters is 1. The van der Waals surface area contributed by atoms with Crippen LogP contribution in [0.1, 0.15) is 24.3 Å². The summed E-state index contributed by atoms with van der Waals surface area (Å²) in [6.07, 6.45) is 1.07. The molecule has 0 amide bonds. The lowest BCUT2D eigenvalue weighted by molar-refractivity contribution is -0.154. The smallest absolute Gasteiger partial charge is 0.321 e. The number of benzene rings is 3. The topological polar surface area (TPSA) is 82.8 Å². The van der Waals surface area contributed by atoms with Crippen LogP contribution in [-0.2, 0) is 21.6 Å². The minimum Gasteiger partial charge on any atom is -0.497 e. The quantitative estimate of drug-likeness (QED) is 0.326. The second-order valence-electron chi connectivity index (χ2n) is 9.05. The maximum Gasteiger partial charge on any atom is 0.321 e. The van der Waals surface area contributed by atoms with E-state index >= 15 is 0 Å². The lowest BCUT2D eigenvalue weighted by atomic mass is 9.78. The number of methoxy groups -OCH3 is 2. The molecule has 1 aliphatic heterocycles. The Morgan fingerprint density at radius 1 is 0.865 bits per heavy atom. The summed E-state index contributed by atoms with van der Waals surface area (Å²) in [4.78, 5) is 18.6. The molecule has 0 bridgehead atoms. The van der Waals surface area contributed by atoms with Gasteiger partial charge < -0.3 is 23.9 Å². The van der Waals surface area contributed by atoms with Crippen LogP contribution in [0.25, 0.3) is 22.6 Å². The van der Waals surface area contributed by atoms with Crippen molar-refractivity contribution >= 4 is 5.97 Å². The van der Waals surface area contributed by atoms with E-state index in [-0.39, 0.29) is 12.6 Å². The van der Waals surface area contributed by atoms with Gasteiger partial charge in [0.15, 0.2) is 5.76 Å². The molecule has 0 atom stereocenters. The Bertz CT molecular complexity index is 1260. The SMILES string of the molecule is COc1ccc(-c2nc(C3(C(=O)OCc4ccccc4)CCNCC3)oc2-c2ccc(OC)cc2)cc1. The normalized spacial score (nSPS) is 14.6. The molecule has 7 nitrogen and oxygen atoms in total. The number of rotatable bonds is 8. The van der Waals surface area contributed by atoms with Gasteiger partial charge in [-0.3, -0.25) is 4.79 Å². The Balaban J connectivity index is 1.56. The van der Waals surface area contributed by atoms with E-state index in [2.05, 4.69) is 5.32 Å². The number of carbonyl (C=O) groups is 1. The number of oxazole rings is 1. The van der Waals surface area contributed by atoms with Crippen LogP contribution in [0, 0.1) is 0 Å². The van der Waals surface area contributed by atoms with Gasteiger partial charge in [0, 0.05) is 11.1 Å². The summed E-state index contributed by atoms with van der Waals surface area (Å²) in [5.41, 5.74) is 2.32. The van der Waals surface area contributed by atoms with Crippen LogP contribution < -0.4 is 14.8 Å². The highest BCUT2D eigenvalue weighted by molar-refractivity contribution is 5.84. The van der Waals surface area contributed by atoms with Gasteiger partial charge in [-0.1, -0.05) is 30.3 Å². The van der Waals surface area contributed by atoms with E-state index in [0.717, 1.165) is 28.2 Å². The zero-order valence-electron chi connectivity index (χ0n) is 21.0. The van der Waals surface area contributed by atoms with Crippen molar-refractivity contribution in [3.63, 3.8) is 0 Å². The number of hydrogen-bond acceptors (Lipinski definition) is 7. The zero-order valence-corrected chi connectivity index (χ0v) is 21.0. The van der Waals surface area contributed by atoms with Crippen LogP contribution in [0.4, 0.5) is 0 Å². The van der Waals surface area contributed by atoms with Gasteiger partial charge in [-0.25, -0.2) is 4.98 Å². The van der Waals surface area contributed by atoms with E-state index in [1.165, 1.54) is 0 Å². The van der Waals surface area contributed by atoms with Crippen LogP contribution in [0.15, 0.2) is 83.3 Å². The Labute approximate surface area is 216 Å². The summed E-state index contributed by atoms with van der Waals surface area (Å²) >= 11 is 0. The molecule has 0 spiro atoms. The summed E-state index contributed by atoms with van der Waals surface area (Å²) in [7, 11) is 3.26. The van der Waals surface area contributed by atoms with Crippen molar-refractivity contribution in [1.29, 1.82) is 0 Å². The van der Waals surface area contributed by atoms with Crippen molar-refractivity contribution in [2.24, 2.45) is 0 Å². The minimum absolute atomic E-state index is 0.201. The first-order chi connectivity index (χ1) is 18.1. The van der Waals surface area contributed by atoms with Gasteiger partial charge in [-0.05, 0) is 80.0 Å². The fraction of sp³-hybridized carbons (Fsp3) is 0.267. The standard InChI is InChI=1S/C30H30N2O5/c1-34-24-12-8-22(9-13-24)26-27(23-10-14-25(35-2)15-11-23)37-28(32-26)30(16-18-31-19-17-30)29(33)36-20-21-6-4-3-5-7-21/h3-15,31H,16-20H2,1-2H3. The highest BCUT2D eigenvalue weighted by atomic mass is 16.5. The number of nitrogens with zero attached hydrogens (tertiary/aromatic N) is 1. The number of nitrogens with one attached hydrogen (secondary N) is 1. The largest absolute Gasteiger partial charge is 0.497 e. The second-order valence-corrected chi connectivity index (χ2v) is 9.05. The molecule has 0 aliphatic carbocycles. The first kappa shape index (κ1) is 24.6. The molecular formula is C30H30N2O5. The second kappa shape index (κ2) is 10.9. The molecule has 1 N–H and O–H groups in total. The molecule has 37 heavy (non-hydrogen) atoms. The van der Waals surface area contributed by atoms with E-state index in [1.54, 1.807) is 14.2 Å². The van der Waals surface area contributed by atoms with Crippen molar-refractivity contribution in [2.45, 2.75) is 24.9 Å². The number of ether oxygens (including phenoxy) is 3.